The number of pyridine rings is 1. The average molecular weight is 220 g/mol. The minimum atomic E-state index is -0.131. The summed E-state index contributed by atoms with van der Waals surface area (Å²) < 4.78 is 1.70. The zero-order valence-corrected chi connectivity index (χ0v) is 9.74. The SMILES string of the molecule is CC(C)c1nn(C)c2[nH]c(=O)c(CN)cc12. The third kappa shape index (κ3) is 1.53. The van der Waals surface area contributed by atoms with E-state index in [2.05, 4.69) is 23.9 Å². The predicted octanol–water partition coefficient (Wildman–Crippen LogP) is 0.844. The fourth-order valence-corrected chi connectivity index (χ4v) is 1.86. The Morgan fingerprint density at radius 2 is 2.25 bits per heavy atom. The molecule has 0 radical (unpaired) electrons. The molecule has 2 heterocycles. The molecule has 0 aliphatic heterocycles. The van der Waals surface area contributed by atoms with Crippen molar-refractivity contribution >= 4 is 11.0 Å². The molecule has 0 bridgehead atoms. The van der Waals surface area contributed by atoms with Gasteiger partial charge in [0, 0.05) is 24.5 Å². The van der Waals surface area contributed by atoms with Crippen LogP contribution in [0.3, 0.4) is 0 Å². The number of nitrogens with one attached hydrogen (secondary N) is 1. The van der Waals surface area contributed by atoms with E-state index in [1.165, 1.54) is 0 Å². The van der Waals surface area contributed by atoms with Crippen molar-refractivity contribution in [2.45, 2.75) is 26.3 Å². The number of aryl methyl sites for hydroxylation is 1. The number of H-pyrrole nitrogens is 1. The molecule has 0 amide bonds. The molecular formula is C11H16N4O. The maximum Gasteiger partial charge on any atom is 0.254 e. The summed E-state index contributed by atoms with van der Waals surface area (Å²) in [6.07, 6.45) is 0. The van der Waals surface area contributed by atoms with Gasteiger partial charge >= 0.3 is 0 Å². The van der Waals surface area contributed by atoms with E-state index < -0.39 is 0 Å². The molecule has 2 aromatic rings. The Labute approximate surface area is 93.3 Å². The van der Waals surface area contributed by atoms with Crippen LogP contribution >= 0.6 is 0 Å². The van der Waals surface area contributed by atoms with E-state index in [0.29, 0.717) is 11.5 Å². The van der Waals surface area contributed by atoms with E-state index in [0.717, 1.165) is 16.7 Å². The number of rotatable bonds is 2. The van der Waals surface area contributed by atoms with Gasteiger partial charge < -0.3 is 10.7 Å². The van der Waals surface area contributed by atoms with Gasteiger partial charge in [0.15, 0.2) is 0 Å². The number of aromatic nitrogens is 3. The number of aromatic amines is 1. The maximum absolute atomic E-state index is 11.6. The summed E-state index contributed by atoms with van der Waals surface area (Å²) in [5.74, 6) is 0.320. The first-order valence-electron chi connectivity index (χ1n) is 5.33. The molecule has 0 aliphatic carbocycles. The number of hydrogen-bond acceptors (Lipinski definition) is 3. The Morgan fingerprint density at radius 1 is 1.56 bits per heavy atom. The number of nitrogens with two attached hydrogens (primary N) is 1. The highest BCUT2D eigenvalue weighted by molar-refractivity contribution is 5.79. The van der Waals surface area contributed by atoms with E-state index in [9.17, 15) is 4.79 Å². The second kappa shape index (κ2) is 3.75. The van der Waals surface area contributed by atoms with Crippen LogP contribution < -0.4 is 11.3 Å². The zero-order valence-electron chi connectivity index (χ0n) is 9.74. The first kappa shape index (κ1) is 10.9. The minimum absolute atomic E-state index is 0.131. The fraction of sp³-hybridized carbons (Fsp3) is 0.455. The lowest BCUT2D eigenvalue weighted by molar-refractivity contribution is 0.723. The second-order valence-corrected chi connectivity index (χ2v) is 4.25. The second-order valence-electron chi connectivity index (χ2n) is 4.25. The normalized spacial score (nSPS) is 11.6. The lowest BCUT2D eigenvalue weighted by atomic mass is 10.1. The van der Waals surface area contributed by atoms with Crippen LogP contribution in [0.5, 0.6) is 0 Å². The fourth-order valence-electron chi connectivity index (χ4n) is 1.86. The predicted molar refractivity (Wildman–Crippen MR) is 63.3 cm³/mol. The lowest BCUT2D eigenvalue weighted by Gasteiger charge is -2.01. The molecule has 0 aliphatic rings. The van der Waals surface area contributed by atoms with Gasteiger partial charge in [0.2, 0.25) is 0 Å². The summed E-state index contributed by atoms with van der Waals surface area (Å²) in [5, 5.41) is 5.40. The molecule has 0 spiro atoms. The number of fused-ring (bicyclic) bond motifs is 1. The molecule has 2 aromatic heterocycles. The third-order valence-corrected chi connectivity index (χ3v) is 2.72. The van der Waals surface area contributed by atoms with Crippen molar-refractivity contribution in [1.82, 2.24) is 14.8 Å². The molecule has 5 nitrogen and oxygen atoms in total. The van der Waals surface area contributed by atoms with Crippen molar-refractivity contribution in [3.8, 4) is 0 Å². The van der Waals surface area contributed by atoms with E-state index in [1.54, 1.807) is 4.68 Å². The Balaban J connectivity index is 2.83. The monoisotopic (exact) mass is 220 g/mol. The van der Waals surface area contributed by atoms with E-state index in [1.807, 2.05) is 13.1 Å². The molecule has 0 saturated heterocycles. The maximum atomic E-state index is 11.6. The Hall–Kier alpha value is -1.62. The third-order valence-electron chi connectivity index (χ3n) is 2.72. The van der Waals surface area contributed by atoms with Crippen LogP contribution in [0.25, 0.3) is 11.0 Å². The zero-order chi connectivity index (χ0) is 11.9. The van der Waals surface area contributed by atoms with Crippen LogP contribution in [0.15, 0.2) is 10.9 Å². The smallest absolute Gasteiger partial charge is 0.254 e. The van der Waals surface area contributed by atoms with Crippen LogP contribution in [-0.2, 0) is 13.6 Å². The quantitative estimate of drug-likeness (QED) is 0.787. The van der Waals surface area contributed by atoms with Gasteiger partial charge in [-0.3, -0.25) is 9.48 Å². The van der Waals surface area contributed by atoms with Gasteiger partial charge in [-0.1, -0.05) is 13.8 Å². The average Bonchev–Trinajstić information content (AvgIpc) is 2.55. The summed E-state index contributed by atoms with van der Waals surface area (Å²) in [5.41, 5.74) is 7.74. The Morgan fingerprint density at radius 3 is 2.81 bits per heavy atom. The minimum Gasteiger partial charge on any atom is -0.326 e. The van der Waals surface area contributed by atoms with Crippen LogP contribution in [-0.4, -0.2) is 14.8 Å². The molecule has 5 heteroatoms. The van der Waals surface area contributed by atoms with Crippen molar-refractivity contribution in [2.75, 3.05) is 0 Å². The van der Waals surface area contributed by atoms with Crippen LogP contribution in [0.4, 0.5) is 0 Å². The molecule has 0 unspecified atom stereocenters. The van der Waals surface area contributed by atoms with Gasteiger partial charge in [-0.2, -0.15) is 5.10 Å². The lowest BCUT2D eigenvalue weighted by Crippen LogP contribution is -2.16. The highest BCUT2D eigenvalue weighted by Crippen LogP contribution is 2.22. The van der Waals surface area contributed by atoms with E-state index in [-0.39, 0.29) is 12.1 Å². The van der Waals surface area contributed by atoms with Crippen molar-refractivity contribution in [3.05, 3.63) is 27.7 Å². The van der Waals surface area contributed by atoms with Gasteiger partial charge in [-0.25, -0.2) is 0 Å². The molecule has 86 valence electrons. The topological polar surface area (TPSA) is 76.7 Å². The van der Waals surface area contributed by atoms with Gasteiger partial charge in [-0.15, -0.1) is 0 Å². The van der Waals surface area contributed by atoms with Crippen molar-refractivity contribution < 1.29 is 0 Å². The first-order valence-corrected chi connectivity index (χ1v) is 5.33. The largest absolute Gasteiger partial charge is 0.326 e. The Bertz CT molecular complexity index is 579. The molecule has 2 rings (SSSR count). The van der Waals surface area contributed by atoms with E-state index in [4.69, 9.17) is 5.73 Å². The van der Waals surface area contributed by atoms with Crippen LogP contribution in [0.2, 0.25) is 0 Å². The van der Waals surface area contributed by atoms with Gasteiger partial charge in [0.05, 0.1) is 5.69 Å². The molecule has 16 heavy (non-hydrogen) atoms. The summed E-state index contributed by atoms with van der Waals surface area (Å²) >= 11 is 0. The van der Waals surface area contributed by atoms with Crippen molar-refractivity contribution in [2.24, 2.45) is 12.8 Å². The highest BCUT2D eigenvalue weighted by atomic mass is 16.1. The van der Waals surface area contributed by atoms with Crippen molar-refractivity contribution in [3.63, 3.8) is 0 Å². The number of hydrogen-bond donors (Lipinski definition) is 2. The van der Waals surface area contributed by atoms with Crippen LogP contribution in [0.1, 0.15) is 31.0 Å². The van der Waals surface area contributed by atoms with E-state index >= 15 is 0 Å². The molecule has 0 aromatic carbocycles. The Kier molecular flexibility index (Phi) is 2.55. The first-order chi connectivity index (χ1) is 7.54. The van der Waals surface area contributed by atoms with Gasteiger partial charge in [0.1, 0.15) is 5.65 Å². The highest BCUT2D eigenvalue weighted by Gasteiger charge is 2.13. The van der Waals surface area contributed by atoms with Crippen molar-refractivity contribution in [1.29, 1.82) is 0 Å². The summed E-state index contributed by atoms with van der Waals surface area (Å²) in [6, 6.07) is 1.84. The number of nitrogens with zero attached hydrogens (tertiary/aromatic N) is 2. The van der Waals surface area contributed by atoms with Gasteiger partial charge in [-0.05, 0) is 12.0 Å². The summed E-state index contributed by atoms with van der Waals surface area (Å²) in [4.78, 5) is 14.4. The standard InChI is InChI=1S/C11H16N4O/c1-6(2)9-8-4-7(5-12)11(16)13-10(8)15(3)14-9/h4,6H,5,12H2,1-3H3,(H,13,16). The summed E-state index contributed by atoms with van der Waals surface area (Å²) in [6.45, 7) is 4.40. The molecule has 0 saturated carbocycles. The molecule has 3 N–H and O–H groups in total. The van der Waals surface area contributed by atoms with Crippen LogP contribution in [0, 0.1) is 0 Å². The molecular weight excluding hydrogens is 204 g/mol. The summed E-state index contributed by atoms with van der Waals surface area (Å²) in [7, 11) is 1.83. The molecule has 0 atom stereocenters. The molecule has 0 fully saturated rings. The van der Waals surface area contributed by atoms with Gasteiger partial charge in [0.25, 0.3) is 5.56 Å².